The van der Waals surface area contributed by atoms with Crippen LogP contribution in [0.5, 0.6) is 0 Å². The second-order valence-corrected chi connectivity index (χ2v) is 5.93. The molecular formula is C14H28N2O3. The minimum atomic E-state index is -0.864. The van der Waals surface area contributed by atoms with Gasteiger partial charge in [0.1, 0.15) is 5.54 Å². The van der Waals surface area contributed by atoms with Crippen molar-refractivity contribution >= 4 is 5.97 Å². The van der Waals surface area contributed by atoms with Crippen molar-refractivity contribution in [3.63, 3.8) is 0 Å². The van der Waals surface area contributed by atoms with E-state index in [1.165, 1.54) is 7.11 Å². The molecule has 0 heterocycles. The molecule has 1 fully saturated rings. The fraction of sp³-hybridized carbons (Fsp3) is 0.929. The van der Waals surface area contributed by atoms with Crippen LogP contribution in [-0.4, -0.2) is 56.9 Å². The molecule has 2 N–H and O–H groups in total. The first-order chi connectivity index (χ1) is 8.93. The van der Waals surface area contributed by atoms with Crippen molar-refractivity contribution in [1.29, 1.82) is 0 Å². The molecule has 5 nitrogen and oxygen atoms in total. The van der Waals surface area contributed by atoms with E-state index in [2.05, 4.69) is 18.7 Å². The highest BCUT2D eigenvalue weighted by atomic mass is 16.5. The molecule has 1 atom stereocenters. The van der Waals surface area contributed by atoms with Crippen molar-refractivity contribution in [2.24, 2.45) is 17.6 Å². The molecule has 0 amide bonds. The van der Waals surface area contributed by atoms with Gasteiger partial charge in [0.25, 0.3) is 0 Å². The first-order valence-electron chi connectivity index (χ1n) is 7.02. The van der Waals surface area contributed by atoms with Crippen molar-refractivity contribution in [2.45, 2.75) is 32.2 Å². The Morgan fingerprint density at radius 1 is 1.42 bits per heavy atom. The predicted octanol–water partition coefficient (Wildman–Crippen LogP) is 0.871. The van der Waals surface area contributed by atoms with Gasteiger partial charge in [-0.05, 0) is 24.7 Å². The van der Waals surface area contributed by atoms with E-state index in [9.17, 15) is 4.79 Å². The fourth-order valence-corrected chi connectivity index (χ4v) is 2.49. The predicted molar refractivity (Wildman–Crippen MR) is 74.8 cm³/mol. The van der Waals surface area contributed by atoms with E-state index in [-0.39, 0.29) is 11.9 Å². The van der Waals surface area contributed by atoms with Crippen LogP contribution in [0.1, 0.15) is 26.7 Å². The van der Waals surface area contributed by atoms with E-state index in [0.29, 0.717) is 19.1 Å². The summed E-state index contributed by atoms with van der Waals surface area (Å²) in [5.74, 6) is 0.497. The van der Waals surface area contributed by atoms with Crippen LogP contribution in [0.2, 0.25) is 0 Å². The Hall–Kier alpha value is -0.650. The van der Waals surface area contributed by atoms with Crippen molar-refractivity contribution in [2.75, 3.05) is 40.5 Å². The highest BCUT2D eigenvalue weighted by Crippen LogP contribution is 2.39. The molecule has 1 aliphatic rings. The molecular weight excluding hydrogens is 244 g/mol. The molecule has 112 valence electrons. The summed E-state index contributed by atoms with van der Waals surface area (Å²) < 4.78 is 10.0. The monoisotopic (exact) mass is 272 g/mol. The number of rotatable bonds is 9. The van der Waals surface area contributed by atoms with E-state index in [0.717, 1.165) is 25.9 Å². The standard InChI is InChI=1S/C14H28N2O3/c1-11(2)9-16(7-8-18-3)10-14(15,12-5-6-12)13(17)19-4/h11-12H,5-10,15H2,1-4H3. The molecule has 0 aromatic heterocycles. The van der Waals surface area contributed by atoms with Crippen molar-refractivity contribution in [1.82, 2.24) is 4.90 Å². The number of carbonyl (C=O) groups is 1. The van der Waals surface area contributed by atoms with Crippen molar-refractivity contribution in [3.8, 4) is 0 Å². The maximum absolute atomic E-state index is 12.0. The van der Waals surface area contributed by atoms with Gasteiger partial charge in [0, 0.05) is 26.7 Å². The van der Waals surface area contributed by atoms with Crippen LogP contribution in [0.4, 0.5) is 0 Å². The van der Waals surface area contributed by atoms with Crippen molar-refractivity contribution in [3.05, 3.63) is 0 Å². The minimum Gasteiger partial charge on any atom is -0.468 e. The summed E-state index contributed by atoms with van der Waals surface area (Å²) in [6, 6.07) is 0. The maximum atomic E-state index is 12.0. The largest absolute Gasteiger partial charge is 0.468 e. The Bertz CT molecular complexity index is 292. The van der Waals surface area contributed by atoms with Crippen molar-refractivity contribution < 1.29 is 14.3 Å². The van der Waals surface area contributed by atoms with Gasteiger partial charge < -0.3 is 15.2 Å². The molecule has 0 aromatic carbocycles. The van der Waals surface area contributed by atoms with Crippen LogP contribution in [0.3, 0.4) is 0 Å². The van der Waals surface area contributed by atoms with Crippen LogP contribution in [0.25, 0.3) is 0 Å². The average molecular weight is 272 g/mol. The lowest BCUT2D eigenvalue weighted by Gasteiger charge is -2.34. The van der Waals surface area contributed by atoms with E-state index in [1.54, 1.807) is 7.11 Å². The zero-order valence-electron chi connectivity index (χ0n) is 12.6. The Morgan fingerprint density at radius 2 is 2.05 bits per heavy atom. The zero-order chi connectivity index (χ0) is 14.5. The van der Waals surface area contributed by atoms with E-state index in [1.807, 2.05) is 0 Å². The fourth-order valence-electron chi connectivity index (χ4n) is 2.49. The van der Waals surface area contributed by atoms with Gasteiger partial charge in [-0.25, -0.2) is 0 Å². The molecule has 0 bridgehead atoms. The molecule has 0 saturated heterocycles. The lowest BCUT2D eigenvalue weighted by Crippen LogP contribution is -2.59. The third kappa shape index (κ3) is 4.75. The first-order valence-corrected chi connectivity index (χ1v) is 7.02. The highest BCUT2D eigenvalue weighted by molar-refractivity contribution is 5.81. The maximum Gasteiger partial charge on any atom is 0.327 e. The molecule has 0 aliphatic heterocycles. The van der Waals surface area contributed by atoms with Gasteiger partial charge in [-0.15, -0.1) is 0 Å². The third-order valence-corrected chi connectivity index (χ3v) is 3.59. The van der Waals surface area contributed by atoms with E-state index in [4.69, 9.17) is 15.2 Å². The van der Waals surface area contributed by atoms with E-state index >= 15 is 0 Å². The number of hydrogen-bond donors (Lipinski definition) is 1. The van der Waals surface area contributed by atoms with E-state index < -0.39 is 5.54 Å². The van der Waals surface area contributed by atoms with Crippen LogP contribution in [-0.2, 0) is 14.3 Å². The van der Waals surface area contributed by atoms with Gasteiger partial charge in [-0.3, -0.25) is 9.69 Å². The first kappa shape index (κ1) is 16.4. The minimum absolute atomic E-state index is 0.261. The summed E-state index contributed by atoms with van der Waals surface area (Å²) in [5.41, 5.74) is 5.48. The van der Waals surface area contributed by atoms with Gasteiger partial charge in [0.15, 0.2) is 0 Å². The van der Waals surface area contributed by atoms with Crippen LogP contribution >= 0.6 is 0 Å². The highest BCUT2D eigenvalue weighted by Gasteiger charge is 2.49. The summed E-state index contributed by atoms with van der Waals surface area (Å²) in [6.07, 6.45) is 2.04. The molecule has 1 rings (SSSR count). The molecule has 0 radical (unpaired) electrons. The Kier molecular flexibility index (Phi) is 6.23. The summed E-state index contributed by atoms with van der Waals surface area (Å²) in [7, 11) is 3.10. The second kappa shape index (κ2) is 7.22. The molecule has 5 heteroatoms. The van der Waals surface area contributed by atoms with Gasteiger partial charge in [0.05, 0.1) is 13.7 Å². The molecule has 1 unspecified atom stereocenters. The number of nitrogens with zero attached hydrogens (tertiary/aromatic N) is 1. The van der Waals surface area contributed by atoms with Crippen LogP contribution in [0, 0.1) is 11.8 Å². The smallest absolute Gasteiger partial charge is 0.327 e. The number of nitrogens with two attached hydrogens (primary N) is 1. The summed E-state index contributed by atoms with van der Waals surface area (Å²) in [6.45, 7) is 7.21. The summed E-state index contributed by atoms with van der Waals surface area (Å²) >= 11 is 0. The summed E-state index contributed by atoms with van der Waals surface area (Å²) in [5, 5.41) is 0. The number of carbonyl (C=O) groups excluding carboxylic acids is 1. The normalized spacial score (nSPS) is 18.7. The number of esters is 1. The van der Waals surface area contributed by atoms with Crippen LogP contribution in [0.15, 0.2) is 0 Å². The second-order valence-electron chi connectivity index (χ2n) is 5.93. The Labute approximate surface area is 116 Å². The third-order valence-electron chi connectivity index (χ3n) is 3.59. The lowest BCUT2D eigenvalue weighted by molar-refractivity contribution is -0.149. The number of methoxy groups -OCH3 is 2. The lowest BCUT2D eigenvalue weighted by atomic mass is 9.93. The quantitative estimate of drug-likeness (QED) is 0.631. The SMILES string of the molecule is COCCN(CC(C)C)CC(N)(C(=O)OC)C1CC1. The number of hydrogen-bond acceptors (Lipinski definition) is 5. The zero-order valence-corrected chi connectivity index (χ0v) is 12.6. The average Bonchev–Trinajstić information content (AvgIpc) is 3.18. The summed E-state index contributed by atoms with van der Waals surface area (Å²) in [4.78, 5) is 14.2. The molecule has 19 heavy (non-hydrogen) atoms. The van der Waals surface area contributed by atoms with Crippen LogP contribution < -0.4 is 5.73 Å². The molecule has 0 spiro atoms. The number of ether oxygens (including phenoxy) is 2. The Morgan fingerprint density at radius 3 is 2.47 bits per heavy atom. The molecule has 0 aromatic rings. The Balaban J connectivity index is 2.69. The van der Waals surface area contributed by atoms with Gasteiger partial charge in [-0.2, -0.15) is 0 Å². The topological polar surface area (TPSA) is 64.8 Å². The molecule has 1 saturated carbocycles. The molecule has 1 aliphatic carbocycles. The van der Waals surface area contributed by atoms with Gasteiger partial charge >= 0.3 is 5.97 Å². The van der Waals surface area contributed by atoms with Gasteiger partial charge in [0.2, 0.25) is 0 Å². The van der Waals surface area contributed by atoms with Gasteiger partial charge in [-0.1, -0.05) is 13.8 Å².